The van der Waals surface area contributed by atoms with E-state index in [1.54, 1.807) is 11.8 Å². The molecule has 4 heteroatoms. The highest BCUT2D eigenvalue weighted by Gasteiger charge is 2.21. The number of hydrogen-bond acceptors (Lipinski definition) is 4. The van der Waals surface area contributed by atoms with Crippen molar-refractivity contribution in [3.63, 3.8) is 0 Å². The van der Waals surface area contributed by atoms with E-state index in [4.69, 9.17) is 10.5 Å². The van der Waals surface area contributed by atoms with Crippen LogP contribution in [-0.2, 0) is 0 Å². The number of allylic oxidation sites excluding steroid dienone is 3. The minimum absolute atomic E-state index is 0.152. The number of nitrogens with zero attached hydrogens (tertiary/aromatic N) is 3. The van der Waals surface area contributed by atoms with Gasteiger partial charge in [-0.3, -0.25) is 0 Å². The maximum absolute atomic E-state index is 9.12. The van der Waals surface area contributed by atoms with Gasteiger partial charge in [0.25, 0.3) is 0 Å². The summed E-state index contributed by atoms with van der Waals surface area (Å²) in [5.41, 5.74) is 1.75. The largest absolute Gasteiger partial charge is 0.363 e. The lowest BCUT2D eigenvalue weighted by Gasteiger charge is -2.08. The molecule has 94 valence electrons. The summed E-state index contributed by atoms with van der Waals surface area (Å²) >= 11 is 1.64. The Morgan fingerprint density at radius 1 is 1.21 bits per heavy atom. The molecule has 0 spiro atoms. The van der Waals surface area contributed by atoms with Crippen LogP contribution < -0.4 is 0 Å². The van der Waals surface area contributed by atoms with Crippen molar-refractivity contribution < 1.29 is 0 Å². The molecule has 0 saturated carbocycles. The summed E-state index contributed by atoms with van der Waals surface area (Å²) in [4.78, 5) is 2.21. The maximum Gasteiger partial charge on any atom is 0.137 e. The third-order valence-corrected chi connectivity index (χ3v) is 3.61. The van der Waals surface area contributed by atoms with E-state index in [0.29, 0.717) is 5.57 Å². The van der Waals surface area contributed by atoms with Crippen LogP contribution in [0.3, 0.4) is 0 Å². The fourth-order valence-electron chi connectivity index (χ4n) is 1.74. The Morgan fingerprint density at radius 3 is 2.32 bits per heavy atom. The first-order valence-electron chi connectivity index (χ1n) is 5.90. The lowest BCUT2D eigenvalue weighted by Crippen LogP contribution is -1.95. The van der Waals surface area contributed by atoms with E-state index in [9.17, 15) is 0 Å². The van der Waals surface area contributed by atoms with Crippen LogP contribution in [0.25, 0.3) is 5.57 Å². The summed E-state index contributed by atoms with van der Waals surface area (Å²) < 4.78 is 0. The van der Waals surface area contributed by atoms with Gasteiger partial charge in [-0.15, -0.1) is 11.8 Å². The average molecular weight is 267 g/mol. The topological polar surface area (TPSA) is 50.6 Å². The number of thioether (sulfide) groups is 1. The fourth-order valence-corrected chi connectivity index (χ4v) is 2.41. The molecule has 1 aromatic carbocycles. The van der Waals surface area contributed by atoms with Crippen LogP contribution in [0.5, 0.6) is 0 Å². The van der Waals surface area contributed by atoms with Gasteiger partial charge in [0.1, 0.15) is 17.7 Å². The Morgan fingerprint density at radius 2 is 1.84 bits per heavy atom. The molecule has 1 aromatic rings. The first-order valence-corrected chi connectivity index (χ1v) is 7.13. The monoisotopic (exact) mass is 267 g/mol. The number of hydrogen-bond donors (Lipinski definition) is 0. The van der Waals surface area contributed by atoms with Gasteiger partial charge in [-0.1, -0.05) is 30.3 Å². The Bertz CT molecular complexity index is 583. The minimum Gasteiger partial charge on any atom is -0.363 e. The lowest BCUT2D eigenvalue weighted by molar-refractivity contribution is 0.755. The van der Waals surface area contributed by atoms with E-state index in [1.807, 2.05) is 54.8 Å². The molecule has 0 radical (unpaired) electrons. The highest BCUT2D eigenvalue weighted by Crippen LogP contribution is 2.29. The molecular formula is C15H13N3S. The molecule has 0 bridgehead atoms. The average Bonchev–Trinajstić information content (AvgIpc) is 3.29. The third kappa shape index (κ3) is 3.19. The summed E-state index contributed by atoms with van der Waals surface area (Å²) in [6.07, 6.45) is 3.94. The lowest BCUT2D eigenvalue weighted by atomic mass is 10.0. The summed E-state index contributed by atoms with van der Waals surface area (Å²) in [5, 5.41) is 19.3. The molecule has 0 aromatic heterocycles. The van der Waals surface area contributed by atoms with Gasteiger partial charge in [0.15, 0.2) is 0 Å². The van der Waals surface area contributed by atoms with Crippen molar-refractivity contribution in [2.75, 3.05) is 19.3 Å². The quantitative estimate of drug-likeness (QED) is 0.478. The van der Waals surface area contributed by atoms with E-state index in [0.717, 1.165) is 23.7 Å². The molecule has 0 atom stereocenters. The molecule has 1 heterocycles. The van der Waals surface area contributed by atoms with Crippen molar-refractivity contribution in [1.82, 2.24) is 4.90 Å². The van der Waals surface area contributed by atoms with Crippen LogP contribution in [0, 0.1) is 22.7 Å². The highest BCUT2D eigenvalue weighted by molar-refractivity contribution is 8.02. The van der Waals surface area contributed by atoms with Crippen molar-refractivity contribution in [3.8, 4) is 12.1 Å². The van der Waals surface area contributed by atoms with Gasteiger partial charge in [0.05, 0.1) is 5.03 Å². The predicted molar refractivity (Wildman–Crippen MR) is 77.8 cm³/mol. The standard InChI is InChI=1S/C15H13N3S/c1-19-15(18-7-8-18)9-14(13(10-16)11-17)12-5-3-2-4-6-12/h2-6,9H,7-8H2,1H3/b15-9-. The van der Waals surface area contributed by atoms with Gasteiger partial charge in [0, 0.05) is 18.7 Å². The van der Waals surface area contributed by atoms with E-state index in [-0.39, 0.29) is 5.57 Å². The molecule has 2 rings (SSSR count). The second-order valence-electron chi connectivity index (χ2n) is 4.05. The number of nitriles is 2. The van der Waals surface area contributed by atoms with Gasteiger partial charge in [0.2, 0.25) is 0 Å². The zero-order valence-corrected chi connectivity index (χ0v) is 11.4. The first-order chi connectivity index (χ1) is 9.30. The maximum atomic E-state index is 9.12. The molecule has 0 unspecified atom stereocenters. The van der Waals surface area contributed by atoms with Gasteiger partial charge < -0.3 is 4.90 Å². The summed E-state index contributed by atoms with van der Waals surface area (Å²) in [6.45, 7) is 2.09. The van der Waals surface area contributed by atoms with E-state index in [1.165, 1.54) is 0 Å². The molecular weight excluding hydrogens is 254 g/mol. The van der Waals surface area contributed by atoms with Crippen LogP contribution in [0.1, 0.15) is 5.56 Å². The molecule has 1 aliphatic rings. The van der Waals surface area contributed by atoms with Crippen LogP contribution in [0.15, 0.2) is 47.0 Å². The van der Waals surface area contributed by atoms with Gasteiger partial charge in [-0.05, 0) is 17.9 Å². The van der Waals surface area contributed by atoms with Crippen LogP contribution in [0.2, 0.25) is 0 Å². The second-order valence-corrected chi connectivity index (χ2v) is 4.88. The predicted octanol–water partition coefficient (Wildman–Crippen LogP) is 3.01. The highest BCUT2D eigenvalue weighted by atomic mass is 32.2. The van der Waals surface area contributed by atoms with Crippen molar-refractivity contribution >= 4 is 17.3 Å². The molecule has 19 heavy (non-hydrogen) atoms. The van der Waals surface area contributed by atoms with E-state index < -0.39 is 0 Å². The fraction of sp³-hybridized carbons (Fsp3) is 0.200. The van der Waals surface area contributed by atoms with Crippen LogP contribution in [0.4, 0.5) is 0 Å². The molecule has 1 saturated heterocycles. The zero-order valence-electron chi connectivity index (χ0n) is 10.6. The smallest absolute Gasteiger partial charge is 0.137 e. The van der Waals surface area contributed by atoms with Crippen LogP contribution >= 0.6 is 11.8 Å². The molecule has 0 aliphatic carbocycles. The Labute approximate surface area is 117 Å². The zero-order chi connectivity index (χ0) is 13.7. The number of benzene rings is 1. The Kier molecular flexibility index (Phi) is 4.28. The van der Waals surface area contributed by atoms with Gasteiger partial charge >= 0.3 is 0 Å². The van der Waals surface area contributed by atoms with Gasteiger partial charge in [-0.2, -0.15) is 10.5 Å². The first kappa shape index (κ1) is 13.3. The van der Waals surface area contributed by atoms with Crippen LogP contribution in [-0.4, -0.2) is 24.2 Å². The molecule has 3 nitrogen and oxygen atoms in total. The molecule has 0 N–H and O–H groups in total. The Balaban J connectivity index is 2.51. The van der Waals surface area contributed by atoms with Crippen molar-refractivity contribution in [1.29, 1.82) is 10.5 Å². The third-order valence-electron chi connectivity index (χ3n) is 2.81. The SMILES string of the molecule is CS/C(=C\C(=C(C#N)C#N)c1ccccc1)N1CC1. The summed E-state index contributed by atoms with van der Waals surface area (Å²) in [6, 6.07) is 13.5. The Hall–Kier alpha value is -2.17. The minimum atomic E-state index is 0.152. The number of rotatable bonds is 4. The van der Waals surface area contributed by atoms with Crippen molar-refractivity contribution in [3.05, 3.63) is 52.6 Å². The van der Waals surface area contributed by atoms with E-state index in [2.05, 4.69) is 4.90 Å². The van der Waals surface area contributed by atoms with Crippen molar-refractivity contribution in [2.45, 2.75) is 0 Å². The second kappa shape index (κ2) is 6.13. The molecule has 0 amide bonds. The van der Waals surface area contributed by atoms with Crippen molar-refractivity contribution in [2.24, 2.45) is 0 Å². The van der Waals surface area contributed by atoms with E-state index >= 15 is 0 Å². The molecule has 1 aliphatic heterocycles. The summed E-state index contributed by atoms with van der Waals surface area (Å²) in [5.74, 6) is 0. The van der Waals surface area contributed by atoms with Gasteiger partial charge in [-0.25, -0.2) is 0 Å². The normalized spacial score (nSPS) is 13.4. The summed E-state index contributed by atoms with van der Waals surface area (Å²) in [7, 11) is 0. The molecule has 1 fully saturated rings.